The summed E-state index contributed by atoms with van der Waals surface area (Å²) in [4.78, 5) is 17.4. The van der Waals surface area contributed by atoms with Crippen LogP contribution in [0.15, 0.2) is 43.0 Å². The van der Waals surface area contributed by atoms with Crippen molar-refractivity contribution in [1.82, 2.24) is 14.9 Å². The van der Waals surface area contributed by atoms with E-state index in [2.05, 4.69) is 46.1 Å². The van der Waals surface area contributed by atoms with Gasteiger partial charge < -0.3 is 9.88 Å². The van der Waals surface area contributed by atoms with E-state index in [4.69, 9.17) is 0 Å². The molecule has 28 heavy (non-hydrogen) atoms. The number of aromatic nitrogens is 2. The topological polar surface area (TPSA) is 46.9 Å². The Bertz CT molecular complexity index is 825. The van der Waals surface area contributed by atoms with Crippen LogP contribution in [0, 0.1) is 24.2 Å². The van der Waals surface area contributed by atoms with Crippen LogP contribution in [-0.4, -0.2) is 22.0 Å². The Hall–Kier alpha value is -2.10. The van der Waals surface area contributed by atoms with Crippen molar-refractivity contribution in [3.63, 3.8) is 0 Å². The molecule has 2 unspecified atom stereocenters. The van der Waals surface area contributed by atoms with Gasteiger partial charge >= 0.3 is 0 Å². The molecule has 4 fully saturated rings. The van der Waals surface area contributed by atoms with E-state index in [9.17, 15) is 4.79 Å². The van der Waals surface area contributed by atoms with Crippen molar-refractivity contribution >= 4 is 5.91 Å². The normalized spacial score (nSPS) is 33.2. The Balaban J connectivity index is 1.30. The van der Waals surface area contributed by atoms with Gasteiger partial charge in [-0.15, -0.1) is 0 Å². The molecular weight excluding hydrogens is 346 g/mol. The minimum absolute atomic E-state index is 0.135. The Kier molecular flexibility index (Phi) is 4.33. The molecule has 0 saturated heterocycles. The van der Waals surface area contributed by atoms with E-state index >= 15 is 0 Å². The summed E-state index contributed by atoms with van der Waals surface area (Å²) in [5.74, 6) is 1.77. The molecule has 4 aliphatic carbocycles. The van der Waals surface area contributed by atoms with Gasteiger partial charge in [-0.25, -0.2) is 4.98 Å². The second-order valence-electron chi connectivity index (χ2n) is 9.80. The zero-order valence-corrected chi connectivity index (χ0v) is 16.9. The summed E-state index contributed by atoms with van der Waals surface area (Å²) in [6.07, 6.45) is 13.7. The highest BCUT2D eigenvalue weighted by molar-refractivity contribution is 5.83. The lowest BCUT2D eigenvalue weighted by atomic mass is 9.42. The molecule has 2 atom stereocenters. The third-order valence-electron chi connectivity index (χ3n) is 7.64. The lowest BCUT2D eigenvalue weighted by Crippen LogP contribution is -2.59. The molecule has 0 aliphatic heterocycles. The summed E-state index contributed by atoms with van der Waals surface area (Å²) in [6, 6.07) is 9.16. The highest BCUT2D eigenvalue weighted by atomic mass is 16.2. The SMILES string of the molecule is Cc1ccc(C23CC4CC(CC(C(=O)NCCCn5ccnc5)(C4)C2)C3)cc1. The first-order valence-corrected chi connectivity index (χ1v) is 10.9. The van der Waals surface area contributed by atoms with Crippen molar-refractivity contribution in [1.29, 1.82) is 0 Å². The number of benzene rings is 1. The molecule has 1 aromatic carbocycles. The number of hydrogen-bond acceptors (Lipinski definition) is 2. The molecule has 0 spiro atoms. The molecule has 4 nitrogen and oxygen atoms in total. The molecule has 1 aromatic heterocycles. The molecule has 2 aromatic rings. The molecule has 4 bridgehead atoms. The lowest BCUT2D eigenvalue weighted by Gasteiger charge is -2.61. The highest BCUT2D eigenvalue weighted by Crippen LogP contribution is 2.65. The zero-order valence-electron chi connectivity index (χ0n) is 16.9. The van der Waals surface area contributed by atoms with Gasteiger partial charge in [-0.1, -0.05) is 29.8 Å². The van der Waals surface area contributed by atoms with E-state index in [1.807, 2.05) is 12.5 Å². The van der Waals surface area contributed by atoms with Crippen molar-refractivity contribution in [3.8, 4) is 0 Å². The van der Waals surface area contributed by atoms with Crippen LogP contribution in [0.1, 0.15) is 56.1 Å². The van der Waals surface area contributed by atoms with Crippen LogP contribution in [0.2, 0.25) is 0 Å². The number of aryl methyl sites for hydroxylation is 2. The lowest BCUT2D eigenvalue weighted by molar-refractivity contribution is -0.149. The third-order valence-corrected chi connectivity index (χ3v) is 7.64. The number of nitrogens with zero attached hydrogens (tertiary/aromatic N) is 2. The summed E-state index contributed by atoms with van der Waals surface area (Å²) in [5.41, 5.74) is 2.89. The van der Waals surface area contributed by atoms with E-state index < -0.39 is 0 Å². The second kappa shape index (κ2) is 6.75. The maximum absolute atomic E-state index is 13.4. The average Bonchev–Trinajstić information content (AvgIpc) is 3.18. The monoisotopic (exact) mass is 377 g/mol. The fraction of sp³-hybridized carbons (Fsp3) is 0.583. The Morgan fingerprint density at radius 1 is 1.18 bits per heavy atom. The summed E-state index contributed by atoms with van der Waals surface area (Å²) in [6.45, 7) is 3.82. The van der Waals surface area contributed by atoms with Crippen molar-refractivity contribution in [2.45, 2.75) is 63.8 Å². The number of hydrogen-bond donors (Lipinski definition) is 1. The first kappa shape index (κ1) is 18.0. The van der Waals surface area contributed by atoms with Gasteiger partial charge in [-0.3, -0.25) is 4.79 Å². The van der Waals surface area contributed by atoms with E-state index in [0.29, 0.717) is 5.91 Å². The van der Waals surface area contributed by atoms with Crippen molar-refractivity contribution in [3.05, 3.63) is 54.1 Å². The van der Waals surface area contributed by atoms with E-state index in [0.717, 1.165) is 50.6 Å². The van der Waals surface area contributed by atoms with E-state index in [-0.39, 0.29) is 10.8 Å². The first-order chi connectivity index (χ1) is 13.6. The van der Waals surface area contributed by atoms with Gasteiger partial charge in [0, 0.05) is 25.5 Å². The van der Waals surface area contributed by atoms with Crippen LogP contribution in [0.3, 0.4) is 0 Å². The van der Waals surface area contributed by atoms with Crippen LogP contribution >= 0.6 is 0 Å². The fourth-order valence-corrected chi connectivity index (χ4v) is 6.84. The highest BCUT2D eigenvalue weighted by Gasteiger charge is 2.60. The van der Waals surface area contributed by atoms with Crippen molar-refractivity contribution in [2.24, 2.45) is 17.3 Å². The second-order valence-corrected chi connectivity index (χ2v) is 9.80. The van der Waals surface area contributed by atoms with Gasteiger partial charge in [0.05, 0.1) is 11.7 Å². The van der Waals surface area contributed by atoms with Crippen LogP contribution < -0.4 is 5.32 Å². The quantitative estimate of drug-likeness (QED) is 0.766. The average molecular weight is 378 g/mol. The minimum atomic E-state index is -0.135. The van der Waals surface area contributed by atoms with Crippen molar-refractivity contribution in [2.75, 3.05) is 6.54 Å². The summed E-state index contributed by atoms with van der Waals surface area (Å²) < 4.78 is 2.07. The number of amides is 1. The molecule has 4 heteroatoms. The van der Waals surface area contributed by atoms with Crippen LogP contribution in [0.4, 0.5) is 0 Å². The van der Waals surface area contributed by atoms with Gasteiger partial charge in [0.15, 0.2) is 0 Å². The number of nitrogens with one attached hydrogen (secondary N) is 1. The fourth-order valence-electron chi connectivity index (χ4n) is 6.84. The predicted octanol–water partition coefficient (Wildman–Crippen LogP) is 4.24. The molecule has 4 saturated carbocycles. The number of carbonyl (C=O) groups excluding carboxylic acids is 1. The largest absolute Gasteiger partial charge is 0.356 e. The maximum atomic E-state index is 13.4. The Morgan fingerprint density at radius 3 is 2.61 bits per heavy atom. The van der Waals surface area contributed by atoms with Crippen LogP contribution in [0.25, 0.3) is 0 Å². The number of rotatable bonds is 6. The van der Waals surface area contributed by atoms with Gasteiger partial charge in [-0.05, 0) is 74.7 Å². The predicted molar refractivity (Wildman–Crippen MR) is 110 cm³/mol. The maximum Gasteiger partial charge on any atom is 0.226 e. The smallest absolute Gasteiger partial charge is 0.226 e. The Morgan fingerprint density at radius 2 is 1.93 bits per heavy atom. The van der Waals surface area contributed by atoms with Crippen LogP contribution in [0.5, 0.6) is 0 Å². The van der Waals surface area contributed by atoms with E-state index in [1.165, 1.54) is 30.4 Å². The Labute approximate surface area is 167 Å². The van der Waals surface area contributed by atoms with Crippen molar-refractivity contribution < 1.29 is 4.79 Å². The molecule has 1 amide bonds. The minimum Gasteiger partial charge on any atom is -0.356 e. The number of imidazole rings is 1. The third kappa shape index (κ3) is 3.07. The van der Waals surface area contributed by atoms with Gasteiger partial charge in [-0.2, -0.15) is 0 Å². The van der Waals surface area contributed by atoms with Crippen LogP contribution in [-0.2, 0) is 16.8 Å². The van der Waals surface area contributed by atoms with Gasteiger partial charge in [0.25, 0.3) is 0 Å². The summed E-state index contributed by atoms with van der Waals surface area (Å²) >= 11 is 0. The van der Waals surface area contributed by atoms with Gasteiger partial charge in [0.1, 0.15) is 0 Å². The molecule has 0 radical (unpaired) electrons. The summed E-state index contributed by atoms with van der Waals surface area (Å²) in [5, 5.41) is 3.31. The molecule has 1 N–H and O–H groups in total. The van der Waals surface area contributed by atoms with E-state index in [1.54, 1.807) is 6.20 Å². The first-order valence-electron chi connectivity index (χ1n) is 10.9. The summed E-state index contributed by atoms with van der Waals surface area (Å²) in [7, 11) is 0. The number of carbonyl (C=O) groups is 1. The zero-order chi connectivity index (χ0) is 19.2. The standard InChI is InChI=1S/C24H31N3O/c1-18-3-5-21(6-4-18)23-12-19-11-20(13-23)15-24(14-19,16-23)22(28)26-7-2-9-27-10-8-25-17-27/h3-6,8,10,17,19-20H,2,7,9,11-16H2,1H3,(H,26,28). The molecule has 1 heterocycles. The molecule has 6 rings (SSSR count). The molecule has 4 aliphatic rings. The molecule has 148 valence electrons. The molecular formula is C24H31N3O. The van der Waals surface area contributed by atoms with Gasteiger partial charge in [0.2, 0.25) is 5.91 Å².